The number of hydrogen-bond acceptors (Lipinski definition) is 10. The van der Waals surface area contributed by atoms with Crippen LogP contribution in [0.25, 0.3) is 22.3 Å². The summed E-state index contributed by atoms with van der Waals surface area (Å²) in [6, 6.07) is 39.7. The molecule has 0 saturated carbocycles. The monoisotopic (exact) mass is 836 g/mol. The second-order valence-electron chi connectivity index (χ2n) is 12.2. The molecule has 0 bridgehead atoms. The Morgan fingerprint density at radius 1 is 0.526 bits per heavy atom. The van der Waals surface area contributed by atoms with Crippen LogP contribution in [0.1, 0.15) is 51.7 Å². The van der Waals surface area contributed by atoms with Crippen molar-refractivity contribution < 1.29 is 28.4 Å². The maximum Gasteiger partial charge on any atom is 0.201 e. The summed E-state index contributed by atoms with van der Waals surface area (Å²) < 4.78 is 33.5. The van der Waals surface area contributed by atoms with Crippen LogP contribution in [0.2, 0.25) is 0 Å². The molecule has 0 saturated heterocycles. The maximum absolute atomic E-state index is 5.74. The van der Waals surface area contributed by atoms with Gasteiger partial charge in [-0.25, -0.2) is 0 Å². The van der Waals surface area contributed by atoms with Crippen LogP contribution >= 0.6 is 15.9 Å². The standard InChI is InChI=1S/C23H26N2O3.C13H13NO.C10H14BrNO2/c1-4-27-23(28-5-2)22-13-12-20(16-24-22)25-19-10-6-8-17(14-19)18-9-7-11-21(15-18)26-3;1-15-13-7-3-5-11(9-13)10-4-2-6-12(14)8-10;1-3-13-10(14-4-2)9-6-5-8(11)7-12-9/h6-16,23,25H,4-5H2,1-3H3;2-9H,14H2,1H3;5-7,10H,3-4H2,1-2H3. The van der Waals surface area contributed by atoms with Crippen molar-refractivity contribution in [3.63, 3.8) is 0 Å². The van der Waals surface area contributed by atoms with Crippen LogP contribution in [0.4, 0.5) is 17.1 Å². The number of halogens is 1. The molecule has 0 atom stereocenters. The smallest absolute Gasteiger partial charge is 0.201 e. The first-order valence-corrected chi connectivity index (χ1v) is 19.6. The fraction of sp³-hybridized carbons (Fsp3) is 0.261. The Bertz CT molecular complexity index is 2040. The van der Waals surface area contributed by atoms with Gasteiger partial charge in [0.05, 0.1) is 37.5 Å². The molecule has 0 amide bonds. The first-order chi connectivity index (χ1) is 27.8. The lowest BCUT2D eigenvalue weighted by Gasteiger charge is -2.16. The first-order valence-electron chi connectivity index (χ1n) is 18.9. The Labute approximate surface area is 345 Å². The number of rotatable bonds is 16. The van der Waals surface area contributed by atoms with E-state index in [2.05, 4.69) is 49.4 Å². The third kappa shape index (κ3) is 14.6. The lowest BCUT2D eigenvalue weighted by Crippen LogP contribution is -2.10. The molecule has 6 rings (SSSR count). The third-order valence-electron chi connectivity index (χ3n) is 8.14. The van der Waals surface area contributed by atoms with E-state index in [1.54, 1.807) is 26.6 Å². The molecule has 3 N–H and O–H groups in total. The molecular formula is C46H53BrN4O6. The number of nitrogen functional groups attached to an aromatic ring is 1. The molecule has 0 aliphatic carbocycles. The van der Waals surface area contributed by atoms with Crippen molar-refractivity contribution in [3.8, 4) is 33.8 Å². The van der Waals surface area contributed by atoms with Crippen LogP contribution in [0, 0.1) is 0 Å². The molecule has 300 valence electrons. The molecule has 0 unspecified atom stereocenters. The fourth-order valence-electron chi connectivity index (χ4n) is 5.46. The van der Waals surface area contributed by atoms with E-state index < -0.39 is 6.29 Å². The van der Waals surface area contributed by atoms with Crippen LogP contribution in [-0.2, 0) is 18.9 Å². The lowest BCUT2D eigenvalue weighted by atomic mass is 10.0. The summed E-state index contributed by atoms with van der Waals surface area (Å²) in [6.45, 7) is 10.1. The van der Waals surface area contributed by atoms with E-state index in [1.807, 2.05) is 131 Å². The number of aromatic nitrogens is 2. The van der Waals surface area contributed by atoms with Crippen molar-refractivity contribution in [1.29, 1.82) is 0 Å². The van der Waals surface area contributed by atoms with Crippen LogP contribution in [0.15, 0.2) is 138 Å². The Morgan fingerprint density at radius 3 is 1.42 bits per heavy atom. The predicted octanol–water partition coefficient (Wildman–Crippen LogP) is 11.4. The number of anilines is 3. The highest BCUT2D eigenvalue weighted by Gasteiger charge is 2.13. The molecular weight excluding hydrogens is 784 g/mol. The lowest BCUT2D eigenvalue weighted by molar-refractivity contribution is -0.142. The summed E-state index contributed by atoms with van der Waals surface area (Å²) in [7, 11) is 3.34. The average Bonchev–Trinajstić information content (AvgIpc) is 3.25. The normalized spacial score (nSPS) is 10.6. The van der Waals surface area contributed by atoms with Crippen molar-refractivity contribution in [2.24, 2.45) is 0 Å². The van der Waals surface area contributed by atoms with Crippen LogP contribution in [0.5, 0.6) is 11.5 Å². The molecule has 57 heavy (non-hydrogen) atoms. The van der Waals surface area contributed by atoms with Gasteiger partial charge >= 0.3 is 0 Å². The molecule has 2 aromatic heterocycles. The third-order valence-corrected chi connectivity index (χ3v) is 8.60. The van der Waals surface area contributed by atoms with Gasteiger partial charge in [0.25, 0.3) is 0 Å². The summed E-state index contributed by atoms with van der Waals surface area (Å²) in [6.07, 6.45) is 2.75. The molecule has 0 radical (unpaired) electrons. The fourth-order valence-corrected chi connectivity index (χ4v) is 5.69. The predicted molar refractivity (Wildman–Crippen MR) is 233 cm³/mol. The van der Waals surface area contributed by atoms with Crippen molar-refractivity contribution in [2.75, 3.05) is 51.7 Å². The van der Waals surface area contributed by atoms with Gasteiger partial charge in [-0.05, 0) is 139 Å². The topological polar surface area (TPSA) is 119 Å². The van der Waals surface area contributed by atoms with Crippen LogP contribution < -0.4 is 20.5 Å². The highest BCUT2D eigenvalue weighted by molar-refractivity contribution is 9.10. The molecule has 11 heteroatoms. The number of hydrogen-bond donors (Lipinski definition) is 2. The van der Waals surface area contributed by atoms with Crippen LogP contribution in [-0.4, -0.2) is 50.6 Å². The number of methoxy groups -OCH3 is 2. The first kappa shape index (κ1) is 44.4. The summed E-state index contributed by atoms with van der Waals surface area (Å²) in [5, 5.41) is 3.40. The molecule has 4 aromatic carbocycles. The molecule has 0 fully saturated rings. The van der Waals surface area contributed by atoms with Gasteiger partial charge in [0.15, 0.2) is 0 Å². The van der Waals surface area contributed by atoms with Crippen molar-refractivity contribution in [2.45, 2.75) is 40.3 Å². The molecule has 0 aliphatic heterocycles. The van der Waals surface area contributed by atoms with E-state index in [1.165, 1.54) is 0 Å². The number of nitrogens with one attached hydrogen (secondary N) is 1. The minimum atomic E-state index is -0.430. The van der Waals surface area contributed by atoms with E-state index >= 15 is 0 Å². The van der Waals surface area contributed by atoms with Gasteiger partial charge in [0.2, 0.25) is 12.6 Å². The Hall–Kier alpha value is -5.30. The minimum Gasteiger partial charge on any atom is -0.497 e. The van der Waals surface area contributed by atoms with Gasteiger partial charge in [-0.15, -0.1) is 0 Å². The van der Waals surface area contributed by atoms with Crippen molar-refractivity contribution >= 4 is 33.0 Å². The summed E-state index contributed by atoms with van der Waals surface area (Å²) in [5.74, 6) is 1.70. The van der Waals surface area contributed by atoms with Crippen LogP contribution in [0.3, 0.4) is 0 Å². The largest absolute Gasteiger partial charge is 0.497 e. The van der Waals surface area contributed by atoms with E-state index in [9.17, 15) is 0 Å². The Morgan fingerprint density at radius 2 is 0.982 bits per heavy atom. The summed E-state index contributed by atoms with van der Waals surface area (Å²) in [5.41, 5.74) is 14.4. The SMILES string of the molecule is CCOC(OCC)c1ccc(Br)cn1.CCOC(OCC)c1ccc(Nc2cccc(-c3cccc(OC)c3)c2)cn1.COc1cccc(-c2cccc(N)c2)c1. The zero-order valence-corrected chi connectivity index (χ0v) is 35.1. The van der Waals surface area contributed by atoms with Gasteiger partial charge in [-0.2, -0.15) is 0 Å². The van der Waals surface area contributed by atoms with Gasteiger partial charge in [-0.1, -0.05) is 48.5 Å². The van der Waals surface area contributed by atoms with Gasteiger partial charge in [0.1, 0.15) is 11.5 Å². The van der Waals surface area contributed by atoms with Gasteiger partial charge < -0.3 is 39.5 Å². The zero-order valence-electron chi connectivity index (χ0n) is 33.5. The van der Waals surface area contributed by atoms with E-state index in [-0.39, 0.29) is 6.29 Å². The zero-order chi connectivity index (χ0) is 40.8. The van der Waals surface area contributed by atoms with Gasteiger partial charge in [0, 0.05) is 48.5 Å². The van der Waals surface area contributed by atoms with E-state index in [4.69, 9.17) is 34.2 Å². The van der Waals surface area contributed by atoms with Crippen molar-refractivity contribution in [1.82, 2.24) is 9.97 Å². The minimum absolute atomic E-state index is 0.349. The van der Waals surface area contributed by atoms with Crippen molar-refractivity contribution in [3.05, 3.63) is 150 Å². The summed E-state index contributed by atoms with van der Waals surface area (Å²) in [4.78, 5) is 8.71. The molecule has 6 aromatic rings. The van der Waals surface area contributed by atoms with E-state index in [0.717, 1.165) is 66.7 Å². The number of nitrogens with two attached hydrogens (primary N) is 1. The quantitative estimate of drug-likeness (QED) is 0.0720. The van der Waals surface area contributed by atoms with Gasteiger partial charge in [-0.3, -0.25) is 9.97 Å². The highest BCUT2D eigenvalue weighted by atomic mass is 79.9. The molecule has 10 nitrogen and oxygen atoms in total. The number of pyridine rings is 2. The molecule has 0 spiro atoms. The Kier molecular flexibility index (Phi) is 19.0. The average molecular weight is 838 g/mol. The summed E-state index contributed by atoms with van der Waals surface area (Å²) >= 11 is 3.33. The second-order valence-corrected chi connectivity index (χ2v) is 13.1. The molecule has 2 heterocycles. The maximum atomic E-state index is 5.74. The Balaban J connectivity index is 0.000000209. The molecule has 0 aliphatic rings. The number of benzene rings is 4. The second kappa shape index (κ2) is 24.4. The number of nitrogens with zero attached hydrogens (tertiary/aromatic N) is 2. The van der Waals surface area contributed by atoms with E-state index in [0.29, 0.717) is 26.4 Å². The highest BCUT2D eigenvalue weighted by Crippen LogP contribution is 2.28. The number of ether oxygens (including phenoxy) is 6.